The highest BCUT2D eigenvalue weighted by atomic mass is 16.4. The molecule has 37 heavy (non-hydrogen) atoms. The van der Waals surface area contributed by atoms with Crippen molar-refractivity contribution >= 4 is 44.7 Å². The number of aromatic amines is 1. The number of hydrogen-bond acceptors (Lipinski definition) is 7. The molecule has 0 aliphatic heterocycles. The van der Waals surface area contributed by atoms with Gasteiger partial charge in [0.2, 0.25) is 5.91 Å². The summed E-state index contributed by atoms with van der Waals surface area (Å²) in [5, 5.41) is 26.3. The predicted octanol–water partition coefficient (Wildman–Crippen LogP) is 2.98. The van der Waals surface area contributed by atoms with Crippen molar-refractivity contribution in [2.75, 3.05) is 0 Å². The quantitative estimate of drug-likeness (QED) is 0.303. The average molecular weight is 502 g/mol. The molecule has 1 atom stereocenters. The topological polar surface area (TPSA) is 149 Å². The van der Waals surface area contributed by atoms with Gasteiger partial charge in [0.1, 0.15) is 22.7 Å². The van der Waals surface area contributed by atoms with Crippen LogP contribution in [0.3, 0.4) is 0 Å². The highest BCUT2D eigenvalue weighted by Gasteiger charge is 2.22. The minimum atomic E-state index is -1.46. The molecular weight excluding hydrogens is 476 g/mol. The zero-order valence-electron chi connectivity index (χ0n) is 20.8. The Bertz CT molecular complexity index is 1790. The lowest BCUT2D eigenvalue weighted by molar-refractivity contribution is -0.308. The van der Waals surface area contributed by atoms with Gasteiger partial charge in [0.05, 0.1) is 24.0 Å². The SMILES string of the molecule is Cc1oc2c(C)c3oc(=O)c(CC(=O)N[C@@H](Cc4c[nH]c5ccc(O)cc45)C(=O)[O-])c(C)c3cc2c1C. The van der Waals surface area contributed by atoms with Gasteiger partial charge >= 0.3 is 5.63 Å². The number of phenolic OH excluding ortho intramolecular Hbond substituents is 1. The van der Waals surface area contributed by atoms with Crippen LogP contribution in [0.5, 0.6) is 5.75 Å². The predicted molar refractivity (Wildman–Crippen MR) is 136 cm³/mol. The molecular formula is C28H25N2O7-. The maximum atomic E-state index is 12.9. The Hall–Kier alpha value is -4.53. The number of carbonyl (C=O) groups excluding carboxylic acids is 2. The largest absolute Gasteiger partial charge is 0.548 e. The fraction of sp³-hybridized carbons (Fsp3) is 0.250. The van der Waals surface area contributed by atoms with Crippen molar-refractivity contribution in [2.45, 2.75) is 46.6 Å². The number of aryl methyl sites for hydroxylation is 4. The Morgan fingerprint density at radius 3 is 2.43 bits per heavy atom. The first-order chi connectivity index (χ1) is 17.5. The van der Waals surface area contributed by atoms with Gasteiger partial charge in [-0.15, -0.1) is 0 Å². The molecule has 3 N–H and O–H groups in total. The lowest BCUT2D eigenvalue weighted by Crippen LogP contribution is -2.49. The van der Waals surface area contributed by atoms with Crippen LogP contribution in [0.2, 0.25) is 0 Å². The van der Waals surface area contributed by atoms with Crippen LogP contribution in [-0.2, 0) is 22.4 Å². The molecule has 0 saturated carbocycles. The third kappa shape index (κ3) is 4.12. The van der Waals surface area contributed by atoms with Crippen molar-refractivity contribution in [1.29, 1.82) is 0 Å². The second kappa shape index (κ2) is 8.85. The van der Waals surface area contributed by atoms with E-state index in [-0.39, 0.29) is 24.2 Å². The van der Waals surface area contributed by atoms with Gasteiger partial charge < -0.3 is 34.1 Å². The van der Waals surface area contributed by atoms with Crippen molar-refractivity contribution in [3.8, 4) is 5.75 Å². The van der Waals surface area contributed by atoms with Crippen LogP contribution in [0, 0.1) is 27.7 Å². The number of phenols is 1. The zero-order chi connectivity index (χ0) is 26.6. The fourth-order valence-corrected chi connectivity index (χ4v) is 4.85. The standard InChI is InChI=1S/C28H26N2O7/c1-12-15(4)36-25-14(3)26-19(9-18(12)25)13(2)20(28(35)37-26)10-24(32)30-23(27(33)34)7-16-11-29-22-6-5-17(31)8-21(16)22/h5-6,8-9,11,23,29,31H,7,10H2,1-4H3,(H,30,32)(H,33,34)/p-1/t23-/m0/s1. The molecule has 0 saturated heterocycles. The molecule has 3 heterocycles. The number of amides is 1. The second-order valence-electron chi connectivity index (χ2n) is 9.40. The van der Waals surface area contributed by atoms with Crippen LogP contribution in [0.1, 0.15) is 33.6 Å². The summed E-state index contributed by atoms with van der Waals surface area (Å²) in [5.74, 6) is -1.31. The van der Waals surface area contributed by atoms with Gasteiger partial charge in [0.15, 0.2) is 0 Å². The molecule has 9 heteroatoms. The summed E-state index contributed by atoms with van der Waals surface area (Å²) in [5.41, 5.74) is 4.09. The van der Waals surface area contributed by atoms with Crippen LogP contribution in [0.4, 0.5) is 0 Å². The first kappa shape index (κ1) is 24.2. The number of H-pyrrole nitrogens is 1. The number of carboxylic acids is 1. The monoisotopic (exact) mass is 501 g/mol. The van der Waals surface area contributed by atoms with Gasteiger partial charge in [-0.05, 0) is 68.7 Å². The minimum absolute atomic E-state index is 0.0363. The molecule has 0 aliphatic carbocycles. The number of benzene rings is 2. The number of nitrogens with one attached hydrogen (secondary N) is 2. The molecule has 0 spiro atoms. The van der Waals surface area contributed by atoms with Crippen LogP contribution in [-0.4, -0.2) is 28.0 Å². The number of carbonyl (C=O) groups is 2. The van der Waals surface area contributed by atoms with E-state index in [1.807, 2.05) is 26.8 Å². The molecule has 0 radical (unpaired) electrons. The summed E-state index contributed by atoms with van der Waals surface area (Å²) >= 11 is 0. The highest BCUT2D eigenvalue weighted by molar-refractivity contribution is 6.00. The number of furan rings is 1. The van der Waals surface area contributed by atoms with Crippen LogP contribution < -0.4 is 16.0 Å². The molecule has 3 aromatic heterocycles. The van der Waals surface area contributed by atoms with Gasteiger partial charge in [-0.2, -0.15) is 0 Å². The summed E-state index contributed by atoms with van der Waals surface area (Å²) in [6.45, 7) is 7.37. The normalized spacial score (nSPS) is 12.4. The molecule has 2 aromatic carbocycles. The highest BCUT2D eigenvalue weighted by Crippen LogP contribution is 2.34. The van der Waals surface area contributed by atoms with Gasteiger partial charge in [0.25, 0.3) is 0 Å². The molecule has 0 bridgehead atoms. The maximum absolute atomic E-state index is 12.9. The Kier molecular flexibility index (Phi) is 5.78. The summed E-state index contributed by atoms with van der Waals surface area (Å²) in [7, 11) is 0. The van der Waals surface area contributed by atoms with Gasteiger partial charge in [-0.1, -0.05) is 0 Å². The third-order valence-electron chi connectivity index (χ3n) is 7.08. The van der Waals surface area contributed by atoms with Crippen molar-refractivity contribution in [2.24, 2.45) is 0 Å². The molecule has 0 aliphatic rings. The van der Waals surface area contributed by atoms with Crippen LogP contribution >= 0.6 is 0 Å². The van der Waals surface area contributed by atoms with Crippen LogP contribution in [0.15, 0.2) is 44.1 Å². The van der Waals surface area contributed by atoms with Crippen molar-refractivity contribution in [3.05, 3.63) is 74.5 Å². The number of aromatic hydroxyl groups is 1. The van der Waals surface area contributed by atoms with E-state index in [9.17, 15) is 24.6 Å². The lowest BCUT2D eigenvalue weighted by Gasteiger charge is -2.20. The summed E-state index contributed by atoms with van der Waals surface area (Å²) < 4.78 is 11.5. The average Bonchev–Trinajstić information content (AvgIpc) is 3.37. The number of hydrogen-bond donors (Lipinski definition) is 3. The third-order valence-corrected chi connectivity index (χ3v) is 7.08. The number of rotatable bonds is 6. The van der Waals surface area contributed by atoms with E-state index in [2.05, 4.69) is 10.3 Å². The zero-order valence-corrected chi connectivity index (χ0v) is 20.8. The number of fused-ring (bicyclic) bond motifs is 3. The molecule has 5 aromatic rings. The number of aromatic nitrogens is 1. The van der Waals surface area contributed by atoms with E-state index in [4.69, 9.17) is 8.83 Å². The number of aliphatic carboxylic acids is 1. The molecule has 190 valence electrons. The summed E-state index contributed by atoms with van der Waals surface area (Å²) in [4.78, 5) is 40.6. The summed E-state index contributed by atoms with van der Waals surface area (Å²) in [6, 6.07) is 5.24. The van der Waals surface area contributed by atoms with E-state index in [1.165, 1.54) is 12.1 Å². The first-order valence-electron chi connectivity index (χ1n) is 11.8. The Morgan fingerprint density at radius 1 is 1.00 bits per heavy atom. The maximum Gasteiger partial charge on any atom is 0.340 e. The van der Waals surface area contributed by atoms with Gasteiger partial charge in [-0.25, -0.2) is 4.79 Å². The number of carboxylic acid groups (broad SMARTS) is 1. The van der Waals surface area contributed by atoms with Crippen molar-refractivity contribution < 1.29 is 28.6 Å². The second-order valence-corrected chi connectivity index (χ2v) is 9.40. The van der Waals surface area contributed by atoms with Crippen LogP contribution in [0.25, 0.3) is 32.8 Å². The van der Waals surface area contributed by atoms with E-state index >= 15 is 0 Å². The molecule has 0 fully saturated rings. The Balaban J connectivity index is 1.45. The minimum Gasteiger partial charge on any atom is -0.548 e. The van der Waals surface area contributed by atoms with Crippen molar-refractivity contribution in [3.63, 3.8) is 0 Å². The molecule has 9 nitrogen and oxygen atoms in total. The van der Waals surface area contributed by atoms with E-state index < -0.39 is 23.5 Å². The van der Waals surface area contributed by atoms with E-state index in [0.717, 1.165) is 16.7 Å². The van der Waals surface area contributed by atoms with Gasteiger partial charge in [-0.3, -0.25) is 4.79 Å². The molecule has 0 unspecified atom stereocenters. The van der Waals surface area contributed by atoms with Crippen molar-refractivity contribution in [1.82, 2.24) is 10.3 Å². The first-order valence-corrected chi connectivity index (χ1v) is 11.8. The lowest BCUT2D eigenvalue weighted by atomic mass is 9.98. The van der Waals surface area contributed by atoms with Gasteiger partial charge in [0, 0.05) is 39.9 Å². The van der Waals surface area contributed by atoms with E-state index in [1.54, 1.807) is 19.2 Å². The fourth-order valence-electron chi connectivity index (χ4n) is 4.85. The smallest absolute Gasteiger partial charge is 0.340 e. The Labute approximate surface area is 210 Å². The molecule has 1 amide bonds. The Morgan fingerprint density at radius 2 is 1.70 bits per heavy atom. The van der Waals surface area contributed by atoms with E-state index in [0.29, 0.717) is 44.1 Å². The molecule has 5 rings (SSSR count). The summed E-state index contributed by atoms with van der Waals surface area (Å²) in [6.07, 6.45) is 1.19.